The zero-order valence-electron chi connectivity index (χ0n) is 16.1. The average Bonchev–Trinajstić information content (AvgIpc) is 2.74. The van der Waals surface area contributed by atoms with Gasteiger partial charge in [-0.2, -0.15) is 0 Å². The molecule has 2 aromatic carbocycles. The SMILES string of the molecule is CC(=O)Nc1ccc(NC(=O)c2cc(N3CCOCC3)nc3ccccc23)cc1. The summed E-state index contributed by atoms with van der Waals surface area (Å²) in [6.45, 7) is 4.25. The van der Waals surface area contributed by atoms with Crippen molar-refractivity contribution >= 4 is 39.9 Å². The van der Waals surface area contributed by atoms with Crippen LogP contribution in [0.3, 0.4) is 0 Å². The van der Waals surface area contributed by atoms with E-state index in [0.717, 1.165) is 29.8 Å². The van der Waals surface area contributed by atoms with E-state index in [1.54, 1.807) is 24.3 Å². The van der Waals surface area contributed by atoms with Gasteiger partial charge >= 0.3 is 0 Å². The highest BCUT2D eigenvalue weighted by molar-refractivity contribution is 6.13. The Balaban J connectivity index is 1.63. The first-order valence-corrected chi connectivity index (χ1v) is 9.51. The molecule has 7 heteroatoms. The molecule has 1 aliphatic heterocycles. The molecular weight excluding hydrogens is 368 g/mol. The molecule has 148 valence electrons. The van der Waals surface area contributed by atoms with Crippen molar-refractivity contribution < 1.29 is 14.3 Å². The zero-order valence-corrected chi connectivity index (χ0v) is 16.1. The van der Waals surface area contributed by atoms with Crippen molar-refractivity contribution in [2.75, 3.05) is 41.8 Å². The van der Waals surface area contributed by atoms with Crippen molar-refractivity contribution in [1.82, 2.24) is 4.98 Å². The predicted molar refractivity (Wildman–Crippen MR) is 113 cm³/mol. The van der Waals surface area contributed by atoms with Crippen LogP contribution in [0.15, 0.2) is 54.6 Å². The van der Waals surface area contributed by atoms with Crippen LogP contribution in [0.4, 0.5) is 17.2 Å². The number of amides is 2. The van der Waals surface area contributed by atoms with Gasteiger partial charge in [0.25, 0.3) is 5.91 Å². The molecule has 0 spiro atoms. The summed E-state index contributed by atoms with van der Waals surface area (Å²) in [5.41, 5.74) is 2.68. The third-order valence-corrected chi connectivity index (χ3v) is 4.75. The Bertz CT molecular complexity index is 1040. The summed E-state index contributed by atoms with van der Waals surface area (Å²) in [6.07, 6.45) is 0. The van der Waals surface area contributed by atoms with Crippen LogP contribution < -0.4 is 15.5 Å². The number of ether oxygens (including phenoxy) is 1. The summed E-state index contributed by atoms with van der Waals surface area (Å²) in [7, 11) is 0. The molecule has 0 atom stereocenters. The summed E-state index contributed by atoms with van der Waals surface area (Å²) < 4.78 is 5.42. The van der Waals surface area contributed by atoms with Crippen LogP contribution in [0.25, 0.3) is 10.9 Å². The lowest BCUT2D eigenvalue weighted by Crippen LogP contribution is -2.37. The maximum atomic E-state index is 13.1. The summed E-state index contributed by atoms with van der Waals surface area (Å²) in [4.78, 5) is 31.1. The quantitative estimate of drug-likeness (QED) is 0.714. The molecule has 0 bridgehead atoms. The molecule has 2 N–H and O–H groups in total. The molecule has 1 aliphatic rings. The third-order valence-electron chi connectivity index (χ3n) is 4.75. The maximum Gasteiger partial charge on any atom is 0.256 e. The Morgan fingerprint density at radius 1 is 0.966 bits per heavy atom. The van der Waals surface area contributed by atoms with Crippen LogP contribution in [-0.4, -0.2) is 43.1 Å². The van der Waals surface area contributed by atoms with E-state index in [1.807, 2.05) is 30.3 Å². The van der Waals surface area contributed by atoms with Crippen molar-refractivity contribution in [2.24, 2.45) is 0 Å². The van der Waals surface area contributed by atoms with Crippen molar-refractivity contribution in [3.63, 3.8) is 0 Å². The van der Waals surface area contributed by atoms with Crippen molar-refractivity contribution in [2.45, 2.75) is 6.92 Å². The summed E-state index contributed by atoms with van der Waals surface area (Å²) in [6, 6.07) is 16.5. The lowest BCUT2D eigenvalue weighted by Gasteiger charge is -2.28. The number of aromatic nitrogens is 1. The number of benzene rings is 2. The van der Waals surface area contributed by atoms with Crippen molar-refractivity contribution in [3.05, 3.63) is 60.2 Å². The van der Waals surface area contributed by atoms with E-state index in [1.165, 1.54) is 6.92 Å². The highest BCUT2D eigenvalue weighted by atomic mass is 16.5. The second kappa shape index (κ2) is 8.28. The van der Waals surface area contributed by atoms with E-state index < -0.39 is 0 Å². The van der Waals surface area contributed by atoms with E-state index in [2.05, 4.69) is 15.5 Å². The highest BCUT2D eigenvalue weighted by Crippen LogP contribution is 2.25. The van der Waals surface area contributed by atoms with Gasteiger partial charge in [-0.1, -0.05) is 18.2 Å². The fourth-order valence-electron chi connectivity index (χ4n) is 3.34. The normalized spacial score (nSPS) is 13.9. The number of rotatable bonds is 4. The number of anilines is 3. The number of nitrogens with one attached hydrogen (secondary N) is 2. The van der Waals surface area contributed by atoms with Crippen LogP contribution in [0.2, 0.25) is 0 Å². The first kappa shape index (κ1) is 18.9. The number of para-hydroxylation sites is 1. The molecule has 29 heavy (non-hydrogen) atoms. The topological polar surface area (TPSA) is 83.6 Å². The molecule has 0 radical (unpaired) electrons. The molecule has 0 saturated carbocycles. The van der Waals surface area contributed by atoms with E-state index in [9.17, 15) is 9.59 Å². The molecule has 3 aromatic rings. The van der Waals surface area contributed by atoms with Crippen LogP contribution in [0.1, 0.15) is 17.3 Å². The van der Waals surface area contributed by atoms with Gasteiger partial charge < -0.3 is 20.3 Å². The fourth-order valence-corrected chi connectivity index (χ4v) is 3.34. The Hall–Kier alpha value is -3.45. The van der Waals surface area contributed by atoms with Crippen LogP contribution in [-0.2, 0) is 9.53 Å². The number of hydrogen-bond acceptors (Lipinski definition) is 5. The molecule has 4 rings (SSSR count). The molecule has 1 aromatic heterocycles. The molecule has 0 unspecified atom stereocenters. The molecular formula is C22H22N4O3. The smallest absolute Gasteiger partial charge is 0.256 e. The second-order valence-corrected chi connectivity index (χ2v) is 6.86. The summed E-state index contributed by atoms with van der Waals surface area (Å²) >= 11 is 0. The number of pyridine rings is 1. The molecule has 2 heterocycles. The standard InChI is InChI=1S/C22H22N4O3/c1-15(27)23-16-6-8-17(9-7-16)24-22(28)19-14-21(26-10-12-29-13-11-26)25-20-5-3-2-4-18(19)20/h2-9,14H,10-13H2,1H3,(H,23,27)(H,24,28). The van der Waals surface area contributed by atoms with Gasteiger partial charge in [0.15, 0.2) is 0 Å². The van der Waals surface area contributed by atoms with E-state index in [4.69, 9.17) is 9.72 Å². The number of fused-ring (bicyclic) bond motifs is 1. The van der Waals surface area contributed by atoms with E-state index >= 15 is 0 Å². The van der Waals surface area contributed by atoms with E-state index in [0.29, 0.717) is 30.2 Å². The Morgan fingerprint density at radius 3 is 2.31 bits per heavy atom. The zero-order chi connectivity index (χ0) is 20.2. The lowest BCUT2D eigenvalue weighted by molar-refractivity contribution is -0.114. The van der Waals surface area contributed by atoms with Gasteiger partial charge in [0.05, 0.1) is 24.3 Å². The summed E-state index contributed by atoms with van der Waals surface area (Å²) in [5, 5.41) is 6.45. The Labute approximate surface area is 168 Å². The van der Waals surface area contributed by atoms with Crippen LogP contribution >= 0.6 is 0 Å². The molecule has 1 saturated heterocycles. The monoisotopic (exact) mass is 390 g/mol. The van der Waals surface area contributed by atoms with Gasteiger partial charge in [-0.05, 0) is 36.4 Å². The Morgan fingerprint density at radius 2 is 1.62 bits per heavy atom. The van der Waals surface area contributed by atoms with Crippen LogP contribution in [0.5, 0.6) is 0 Å². The molecule has 1 fully saturated rings. The van der Waals surface area contributed by atoms with Gasteiger partial charge in [-0.25, -0.2) is 4.98 Å². The molecule has 0 aliphatic carbocycles. The minimum Gasteiger partial charge on any atom is -0.378 e. The van der Waals surface area contributed by atoms with Gasteiger partial charge in [0.2, 0.25) is 5.91 Å². The fraction of sp³-hybridized carbons (Fsp3) is 0.227. The third kappa shape index (κ3) is 4.35. The number of morpholine rings is 1. The minimum atomic E-state index is -0.203. The predicted octanol–water partition coefficient (Wildman–Crippen LogP) is 3.28. The molecule has 2 amide bonds. The second-order valence-electron chi connectivity index (χ2n) is 6.86. The molecule has 7 nitrogen and oxygen atoms in total. The minimum absolute atomic E-state index is 0.138. The van der Waals surface area contributed by atoms with Gasteiger partial charge in [0.1, 0.15) is 5.82 Å². The highest BCUT2D eigenvalue weighted by Gasteiger charge is 2.18. The first-order chi connectivity index (χ1) is 14.1. The summed E-state index contributed by atoms with van der Waals surface area (Å²) in [5.74, 6) is 0.434. The average molecular weight is 390 g/mol. The van der Waals surface area contributed by atoms with Crippen LogP contribution in [0, 0.1) is 0 Å². The number of carbonyl (C=O) groups excluding carboxylic acids is 2. The maximum absolute atomic E-state index is 13.1. The van der Waals surface area contributed by atoms with E-state index in [-0.39, 0.29) is 11.8 Å². The van der Waals surface area contributed by atoms with Crippen molar-refractivity contribution in [1.29, 1.82) is 0 Å². The lowest BCUT2D eigenvalue weighted by atomic mass is 10.1. The Kier molecular flexibility index (Phi) is 5.39. The van der Waals surface area contributed by atoms with Gasteiger partial charge in [-0.15, -0.1) is 0 Å². The van der Waals surface area contributed by atoms with Crippen molar-refractivity contribution in [3.8, 4) is 0 Å². The largest absolute Gasteiger partial charge is 0.378 e. The number of hydrogen-bond donors (Lipinski definition) is 2. The first-order valence-electron chi connectivity index (χ1n) is 9.51. The number of carbonyl (C=O) groups is 2. The van der Waals surface area contributed by atoms with Gasteiger partial charge in [0, 0.05) is 36.8 Å². The van der Waals surface area contributed by atoms with Gasteiger partial charge in [-0.3, -0.25) is 9.59 Å². The number of nitrogens with zero attached hydrogens (tertiary/aromatic N) is 2.